The summed E-state index contributed by atoms with van der Waals surface area (Å²) < 4.78 is 5.53. The molecule has 1 fully saturated rings. The molecular weight excluding hydrogens is 266 g/mol. The van der Waals surface area contributed by atoms with Gasteiger partial charge >= 0.3 is 0 Å². The van der Waals surface area contributed by atoms with Gasteiger partial charge in [-0.1, -0.05) is 0 Å². The van der Waals surface area contributed by atoms with Crippen LogP contribution in [-0.2, 0) is 4.74 Å². The fourth-order valence-electron chi connectivity index (χ4n) is 2.12. The lowest BCUT2D eigenvalue weighted by Gasteiger charge is -2.15. The molecule has 1 aliphatic carbocycles. The molecule has 0 atom stereocenters. The molecule has 1 amide bonds. The van der Waals surface area contributed by atoms with Crippen LogP contribution in [0.3, 0.4) is 0 Å². The maximum atomic E-state index is 12.0. The normalized spacial score (nSPS) is 14.0. The molecule has 5 heteroatoms. The SMILES string of the molecule is CN(C)c1ccc(C(=O)NCCCOCC2CC2)cc1N. The van der Waals surface area contributed by atoms with Crippen molar-refractivity contribution in [3.8, 4) is 0 Å². The van der Waals surface area contributed by atoms with Crippen molar-refractivity contribution in [3.63, 3.8) is 0 Å². The molecule has 1 aliphatic rings. The number of nitrogens with two attached hydrogens (primary N) is 1. The number of nitrogens with zero attached hydrogens (tertiary/aromatic N) is 1. The molecule has 0 spiro atoms. The van der Waals surface area contributed by atoms with Crippen LogP contribution in [0.4, 0.5) is 11.4 Å². The van der Waals surface area contributed by atoms with E-state index in [-0.39, 0.29) is 5.91 Å². The first-order chi connectivity index (χ1) is 10.1. The lowest BCUT2D eigenvalue weighted by atomic mass is 10.1. The van der Waals surface area contributed by atoms with Crippen LogP contribution in [0.2, 0.25) is 0 Å². The maximum Gasteiger partial charge on any atom is 0.251 e. The fourth-order valence-corrected chi connectivity index (χ4v) is 2.12. The van der Waals surface area contributed by atoms with Crippen LogP contribution in [0.5, 0.6) is 0 Å². The number of rotatable bonds is 8. The van der Waals surface area contributed by atoms with E-state index in [4.69, 9.17) is 10.5 Å². The Morgan fingerprint density at radius 3 is 2.81 bits per heavy atom. The number of nitrogens with one attached hydrogen (secondary N) is 1. The average Bonchev–Trinajstić information content (AvgIpc) is 3.26. The van der Waals surface area contributed by atoms with E-state index in [9.17, 15) is 4.79 Å². The minimum absolute atomic E-state index is 0.0887. The minimum atomic E-state index is -0.0887. The summed E-state index contributed by atoms with van der Waals surface area (Å²) in [6, 6.07) is 5.38. The zero-order valence-electron chi connectivity index (χ0n) is 12.9. The second kappa shape index (κ2) is 7.31. The summed E-state index contributed by atoms with van der Waals surface area (Å²) in [5.41, 5.74) is 8.07. The zero-order valence-corrected chi connectivity index (χ0v) is 12.9. The lowest BCUT2D eigenvalue weighted by Crippen LogP contribution is -2.25. The summed E-state index contributed by atoms with van der Waals surface area (Å²) in [6.45, 7) is 2.20. The predicted molar refractivity (Wildman–Crippen MR) is 85.7 cm³/mol. The topological polar surface area (TPSA) is 67.6 Å². The number of hydrogen-bond acceptors (Lipinski definition) is 4. The smallest absolute Gasteiger partial charge is 0.251 e. The third-order valence-corrected chi connectivity index (χ3v) is 3.57. The van der Waals surface area contributed by atoms with Gasteiger partial charge in [-0.25, -0.2) is 0 Å². The Hall–Kier alpha value is -1.75. The van der Waals surface area contributed by atoms with Crippen molar-refractivity contribution in [1.82, 2.24) is 5.32 Å². The van der Waals surface area contributed by atoms with Gasteiger partial charge in [-0.05, 0) is 43.4 Å². The highest BCUT2D eigenvalue weighted by atomic mass is 16.5. The van der Waals surface area contributed by atoms with Crippen LogP contribution in [-0.4, -0.2) is 39.8 Å². The van der Waals surface area contributed by atoms with Crippen LogP contribution in [0.25, 0.3) is 0 Å². The van der Waals surface area contributed by atoms with Gasteiger partial charge in [-0.3, -0.25) is 4.79 Å². The van der Waals surface area contributed by atoms with Crippen molar-refractivity contribution in [2.75, 3.05) is 44.5 Å². The Morgan fingerprint density at radius 1 is 1.43 bits per heavy atom. The van der Waals surface area contributed by atoms with E-state index in [1.165, 1.54) is 12.8 Å². The second-order valence-corrected chi connectivity index (χ2v) is 5.80. The summed E-state index contributed by atoms with van der Waals surface area (Å²) >= 11 is 0. The Kier molecular flexibility index (Phi) is 5.44. The molecule has 0 saturated heterocycles. The van der Waals surface area contributed by atoms with Gasteiger partial charge in [0.2, 0.25) is 0 Å². The van der Waals surface area contributed by atoms with E-state index in [1.807, 2.05) is 25.1 Å². The number of nitrogen functional groups attached to an aromatic ring is 1. The predicted octanol–water partition coefficient (Wildman–Crippen LogP) is 1.88. The van der Waals surface area contributed by atoms with Crippen LogP contribution in [0.15, 0.2) is 18.2 Å². The lowest BCUT2D eigenvalue weighted by molar-refractivity contribution is 0.0937. The van der Waals surface area contributed by atoms with E-state index in [0.717, 1.165) is 24.6 Å². The Bertz CT molecular complexity index is 484. The maximum absolute atomic E-state index is 12.0. The monoisotopic (exact) mass is 291 g/mol. The van der Waals surface area contributed by atoms with Crippen molar-refractivity contribution in [1.29, 1.82) is 0 Å². The molecular formula is C16H25N3O2. The molecule has 0 bridgehead atoms. The molecule has 3 N–H and O–H groups in total. The Morgan fingerprint density at radius 2 is 2.19 bits per heavy atom. The molecule has 0 heterocycles. The molecule has 1 saturated carbocycles. The van der Waals surface area contributed by atoms with Gasteiger partial charge in [-0.15, -0.1) is 0 Å². The number of ether oxygens (including phenoxy) is 1. The van der Waals surface area contributed by atoms with E-state index >= 15 is 0 Å². The van der Waals surface area contributed by atoms with E-state index in [1.54, 1.807) is 12.1 Å². The number of anilines is 2. The quantitative estimate of drug-likeness (QED) is 0.567. The van der Waals surface area contributed by atoms with Gasteiger partial charge in [-0.2, -0.15) is 0 Å². The molecule has 1 aromatic carbocycles. The van der Waals surface area contributed by atoms with Gasteiger partial charge in [0.05, 0.1) is 11.4 Å². The summed E-state index contributed by atoms with van der Waals surface area (Å²) in [5, 5.41) is 2.89. The number of benzene rings is 1. The van der Waals surface area contributed by atoms with Gasteiger partial charge in [0.15, 0.2) is 0 Å². The van der Waals surface area contributed by atoms with E-state index in [2.05, 4.69) is 5.32 Å². The highest BCUT2D eigenvalue weighted by Crippen LogP contribution is 2.28. The van der Waals surface area contributed by atoms with Crippen molar-refractivity contribution in [2.24, 2.45) is 5.92 Å². The largest absolute Gasteiger partial charge is 0.397 e. The van der Waals surface area contributed by atoms with Crippen LogP contribution in [0, 0.1) is 5.92 Å². The number of hydrogen-bond donors (Lipinski definition) is 2. The average molecular weight is 291 g/mol. The van der Waals surface area contributed by atoms with Gasteiger partial charge in [0.1, 0.15) is 0 Å². The molecule has 2 rings (SSSR count). The zero-order chi connectivity index (χ0) is 15.2. The van der Waals surface area contributed by atoms with Gasteiger partial charge in [0.25, 0.3) is 5.91 Å². The summed E-state index contributed by atoms with van der Waals surface area (Å²) in [7, 11) is 3.85. The molecule has 0 unspecified atom stereocenters. The summed E-state index contributed by atoms with van der Waals surface area (Å²) in [4.78, 5) is 13.9. The van der Waals surface area contributed by atoms with E-state index in [0.29, 0.717) is 24.4 Å². The summed E-state index contributed by atoms with van der Waals surface area (Å²) in [6.07, 6.45) is 3.45. The van der Waals surface area contributed by atoms with Crippen molar-refractivity contribution in [3.05, 3.63) is 23.8 Å². The van der Waals surface area contributed by atoms with Crippen molar-refractivity contribution >= 4 is 17.3 Å². The van der Waals surface area contributed by atoms with Gasteiger partial charge in [0, 0.05) is 39.4 Å². The molecule has 5 nitrogen and oxygen atoms in total. The van der Waals surface area contributed by atoms with Crippen molar-refractivity contribution in [2.45, 2.75) is 19.3 Å². The first-order valence-corrected chi connectivity index (χ1v) is 7.50. The van der Waals surface area contributed by atoms with E-state index < -0.39 is 0 Å². The van der Waals surface area contributed by atoms with Crippen LogP contribution < -0.4 is 16.0 Å². The summed E-state index contributed by atoms with van der Waals surface area (Å²) in [5.74, 6) is 0.701. The highest BCUT2D eigenvalue weighted by Gasteiger charge is 2.20. The third kappa shape index (κ3) is 4.93. The molecule has 116 valence electrons. The van der Waals surface area contributed by atoms with Gasteiger partial charge < -0.3 is 20.7 Å². The Balaban J connectivity index is 1.70. The standard InChI is InChI=1S/C16H25N3O2/c1-19(2)15-7-6-13(10-14(15)17)16(20)18-8-3-9-21-11-12-4-5-12/h6-7,10,12H,3-5,8-9,11,17H2,1-2H3,(H,18,20). The van der Waals surface area contributed by atoms with Crippen molar-refractivity contribution < 1.29 is 9.53 Å². The van der Waals surface area contributed by atoms with Crippen LogP contribution in [0.1, 0.15) is 29.6 Å². The fraction of sp³-hybridized carbons (Fsp3) is 0.562. The molecule has 0 aliphatic heterocycles. The molecule has 1 aromatic rings. The number of carbonyl (C=O) groups is 1. The Labute approximate surface area is 126 Å². The number of carbonyl (C=O) groups excluding carboxylic acids is 1. The molecule has 0 radical (unpaired) electrons. The second-order valence-electron chi connectivity index (χ2n) is 5.80. The molecule has 0 aromatic heterocycles. The first-order valence-electron chi connectivity index (χ1n) is 7.50. The number of amides is 1. The third-order valence-electron chi connectivity index (χ3n) is 3.57. The minimum Gasteiger partial charge on any atom is -0.397 e. The highest BCUT2D eigenvalue weighted by molar-refractivity contribution is 5.96. The van der Waals surface area contributed by atoms with Crippen LogP contribution >= 0.6 is 0 Å². The first kappa shape index (κ1) is 15.6. The molecule has 21 heavy (non-hydrogen) atoms.